The average Bonchev–Trinajstić information content (AvgIpc) is 2.87. The van der Waals surface area contributed by atoms with Gasteiger partial charge >= 0.3 is 0 Å². The number of benzene rings is 1. The number of halogens is 1. The van der Waals surface area contributed by atoms with E-state index in [1.807, 2.05) is 14.1 Å². The van der Waals surface area contributed by atoms with Gasteiger partial charge in [0.2, 0.25) is 0 Å². The molecule has 1 atom stereocenters. The molecule has 1 aliphatic rings. The lowest BCUT2D eigenvalue weighted by Crippen LogP contribution is -2.34. The number of likely N-dealkylation sites (tertiary alicyclic amines) is 1. The van der Waals surface area contributed by atoms with Gasteiger partial charge in [-0.25, -0.2) is 0 Å². The molecule has 1 heterocycles. The molecule has 108 valence electrons. The largest absolute Gasteiger partial charge is 0.337 e. The molecule has 6 nitrogen and oxygen atoms in total. The van der Waals surface area contributed by atoms with Crippen LogP contribution in [0.15, 0.2) is 18.2 Å². The summed E-state index contributed by atoms with van der Waals surface area (Å²) in [6, 6.07) is 4.50. The van der Waals surface area contributed by atoms with Crippen molar-refractivity contribution in [2.45, 2.75) is 12.5 Å². The lowest BCUT2D eigenvalue weighted by atomic mass is 10.2. The second-order valence-corrected chi connectivity index (χ2v) is 5.49. The molecule has 0 N–H and O–H groups in total. The number of likely N-dealkylation sites (N-methyl/N-ethyl adjacent to an activating group) is 1. The molecule has 1 amide bonds. The van der Waals surface area contributed by atoms with Gasteiger partial charge in [0.1, 0.15) is 5.02 Å². The number of carbonyl (C=O) groups excluding carboxylic acids is 1. The Morgan fingerprint density at radius 3 is 2.75 bits per heavy atom. The van der Waals surface area contributed by atoms with Crippen LogP contribution >= 0.6 is 11.6 Å². The van der Waals surface area contributed by atoms with Crippen LogP contribution in [0.5, 0.6) is 0 Å². The number of rotatable bonds is 3. The van der Waals surface area contributed by atoms with Crippen LogP contribution in [0.3, 0.4) is 0 Å². The summed E-state index contributed by atoms with van der Waals surface area (Å²) in [7, 11) is 3.96. The number of amides is 1. The second-order valence-electron chi connectivity index (χ2n) is 5.08. The summed E-state index contributed by atoms with van der Waals surface area (Å²) in [6.07, 6.45) is 0.911. The normalized spacial score (nSPS) is 18.6. The summed E-state index contributed by atoms with van der Waals surface area (Å²) in [4.78, 5) is 26.4. The smallest absolute Gasteiger partial charge is 0.288 e. The average molecular weight is 298 g/mol. The number of nitrogens with zero attached hydrogens (tertiary/aromatic N) is 3. The highest BCUT2D eigenvalue weighted by Gasteiger charge is 2.29. The van der Waals surface area contributed by atoms with E-state index in [4.69, 9.17) is 11.6 Å². The van der Waals surface area contributed by atoms with E-state index in [1.165, 1.54) is 18.2 Å². The van der Waals surface area contributed by atoms with Gasteiger partial charge in [-0.05, 0) is 32.6 Å². The minimum atomic E-state index is -0.578. The van der Waals surface area contributed by atoms with E-state index < -0.39 is 4.92 Å². The van der Waals surface area contributed by atoms with Gasteiger partial charge in [0.05, 0.1) is 4.92 Å². The molecule has 0 radical (unpaired) electrons. The lowest BCUT2D eigenvalue weighted by molar-refractivity contribution is -0.384. The highest BCUT2D eigenvalue weighted by atomic mass is 35.5. The molecule has 20 heavy (non-hydrogen) atoms. The van der Waals surface area contributed by atoms with Gasteiger partial charge in [0.25, 0.3) is 11.6 Å². The van der Waals surface area contributed by atoms with Crippen LogP contribution < -0.4 is 0 Å². The standard InChI is InChI=1S/C13H16ClN3O3/c1-15(2)10-5-6-16(8-10)13(18)9-3-4-11(14)12(7-9)17(19)20/h3-4,7,10H,5-6,8H2,1-2H3. The first-order valence-corrected chi connectivity index (χ1v) is 6.67. The Morgan fingerprint density at radius 1 is 1.50 bits per heavy atom. The maximum Gasteiger partial charge on any atom is 0.288 e. The van der Waals surface area contributed by atoms with Gasteiger partial charge in [-0.2, -0.15) is 0 Å². The van der Waals surface area contributed by atoms with Crippen LogP contribution in [-0.4, -0.2) is 53.9 Å². The van der Waals surface area contributed by atoms with E-state index in [0.29, 0.717) is 24.7 Å². The number of hydrogen-bond acceptors (Lipinski definition) is 4. The summed E-state index contributed by atoms with van der Waals surface area (Å²) >= 11 is 5.75. The van der Waals surface area contributed by atoms with Crippen LogP contribution in [0.4, 0.5) is 5.69 Å². The van der Waals surface area contributed by atoms with Crippen molar-refractivity contribution < 1.29 is 9.72 Å². The number of nitro benzene ring substituents is 1. The Bertz CT molecular complexity index is 548. The molecule has 0 spiro atoms. The predicted molar refractivity (Wildman–Crippen MR) is 76.1 cm³/mol. The van der Waals surface area contributed by atoms with Crippen LogP contribution in [0, 0.1) is 10.1 Å². The highest BCUT2D eigenvalue weighted by Crippen LogP contribution is 2.26. The predicted octanol–water partition coefficient (Wildman–Crippen LogP) is 2.02. The molecule has 0 aromatic heterocycles. The number of nitro groups is 1. The first-order valence-electron chi connectivity index (χ1n) is 6.30. The van der Waals surface area contributed by atoms with Crippen molar-refractivity contribution >= 4 is 23.2 Å². The molecule has 0 saturated carbocycles. The Morgan fingerprint density at radius 2 is 2.20 bits per heavy atom. The van der Waals surface area contributed by atoms with E-state index in [0.717, 1.165) is 6.42 Å². The molecule has 7 heteroatoms. The molecular weight excluding hydrogens is 282 g/mol. The van der Waals surface area contributed by atoms with Crippen molar-refractivity contribution in [1.82, 2.24) is 9.80 Å². The van der Waals surface area contributed by atoms with Gasteiger partial charge in [0, 0.05) is 30.8 Å². The number of hydrogen-bond donors (Lipinski definition) is 0. The molecule has 1 fully saturated rings. The quantitative estimate of drug-likeness (QED) is 0.632. The number of carbonyl (C=O) groups is 1. The summed E-state index contributed by atoms with van der Waals surface area (Å²) in [5.74, 6) is -0.186. The van der Waals surface area contributed by atoms with Crippen molar-refractivity contribution in [2.24, 2.45) is 0 Å². The zero-order valence-corrected chi connectivity index (χ0v) is 12.1. The van der Waals surface area contributed by atoms with Gasteiger partial charge in [-0.3, -0.25) is 14.9 Å². The lowest BCUT2D eigenvalue weighted by Gasteiger charge is -2.20. The van der Waals surface area contributed by atoms with Crippen LogP contribution in [0.2, 0.25) is 5.02 Å². The molecule has 1 aromatic rings. The maximum absolute atomic E-state index is 12.3. The van der Waals surface area contributed by atoms with E-state index in [-0.39, 0.29) is 16.6 Å². The fourth-order valence-corrected chi connectivity index (χ4v) is 2.50. The third-order valence-electron chi connectivity index (χ3n) is 3.57. The summed E-state index contributed by atoms with van der Waals surface area (Å²) in [5.41, 5.74) is 0.0707. The zero-order chi connectivity index (χ0) is 14.9. The second kappa shape index (κ2) is 5.76. The van der Waals surface area contributed by atoms with Crippen LogP contribution in [0.25, 0.3) is 0 Å². The Hall–Kier alpha value is -1.66. The minimum Gasteiger partial charge on any atom is -0.337 e. The SMILES string of the molecule is CN(C)C1CCN(C(=O)c2ccc(Cl)c([N+](=O)[O-])c2)C1. The monoisotopic (exact) mass is 297 g/mol. The van der Waals surface area contributed by atoms with Crippen LogP contribution in [0.1, 0.15) is 16.8 Å². The highest BCUT2D eigenvalue weighted by molar-refractivity contribution is 6.32. The van der Waals surface area contributed by atoms with Gasteiger partial charge in [-0.15, -0.1) is 0 Å². The van der Waals surface area contributed by atoms with Gasteiger partial charge < -0.3 is 9.80 Å². The van der Waals surface area contributed by atoms with E-state index in [9.17, 15) is 14.9 Å². The van der Waals surface area contributed by atoms with Gasteiger partial charge in [-0.1, -0.05) is 11.6 Å². The molecule has 1 saturated heterocycles. The van der Waals surface area contributed by atoms with Crippen LogP contribution in [-0.2, 0) is 0 Å². The maximum atomic E-state index is 12.3. The summed E-state index contributed by atoms with van der Waals surface area (Å²) < 4.78 is 0. The fourth-order valence-electron chi connectivity index (χ4n) is 2.32. The molecule has 1 unspecified atom stereocenters. The van der Waals surface area contributed by atoms with E-state index >= 15 is 0 Å². The van der Waals surface area contributed by atoms with Crippen molar-refractivity contribution in [3.8, 4) is 0 Å². The Kier molecular flexibility index (Phi) is 4.25. The third kappa shape index (κ3) is 2.91. The summed E-state index contributed by atoms with van der Waals surface area (Å²) in [5, 5.41) is 10.9. The Labute approximate surface area is 122 Å². The van der Waals surface area contributed by atoms with Crippen molar-refractivity contribution in [3.63, 3.8) is 0 Å². The van der Waals surface area contributed by atoms with E-state index in [1.54, 1.807) is 4.90 Å². The Balaban J connectivity index is 2.18. The van der Waals surface area contributed by atoms with Crippen molar-refractivity contribution in [2.75, 3.05) is 27.2 Å². The fraction of sp³-hybridized carbons (Fsp3) is 0.462. The molecule has 1 aliphatic heterocycles. The minimum absolute atomic E-state index is 0.0409. The van der Waals surface area contributed by atoms with Gasteiger partial charge in [0.15, 0.2) is 0 Å². The third-order valence-corrected chi connectivity index (χ3v) is 3.89. The molecule has 0 bridgehead atoms. The van der Waals surface area contributed by atoms with E-state index in [2.05, 4.69) is 4.90 Å². The molecular formula is C13H16ClN3O3. The topological polar surface area (TPSA) is 66.7 Å². The first kappa shape index (κ1) is 14.7. The zero-order valence-electron chi connectivity index (χ0n) is 11.4. The molecule has 0 aliphatic carbocycles. The molecule has 1 aromatic carbocycles. The van der Waals surface area contributed by atoms with Crippen molar-refractivity contribution in [3.05, 3.63) is 38.9 Å². The van der Waals surface area contributed by atoms with Crippen molar-refractivity contribution in [1.29, 1.82) is 0 Å². The molecule has 2 rings (SSSR count). The first-order chi connectivity index (χ1) is 9.40. The summed E-state index contributed by atoms with van der Waals surface area (Å²) in [6.45, 7) is 1.31.